The Kier molecular flexibility index (Phi) is 9.39. The van der Waals surface area contributed by atoms with Gasteiger partial charge >= 0.3 is 7.12 Å². The third-order valence-electron chi connectivity index (χ3n) is 9.65. The zero-order valence-corrected chi connectivity index (χ0v) is 27.2. The molecule has 8 nitrogen and oxygen atoms in total. The third-order valence-corrected chi connectivity index (χ3v) is 10.3. The Bertz CT molecular complexity index is 1490. The molecule has 6 rings (SSSR count). The van der Waals surface area contributed by atoms with Crippen LogP contribution in [0.3, 0.4) is 0 Å². The highest BCUT2D eigenvalue weighted by Crippen LogP contribution is 2.65. The fraction of sp³-hybridized carbons (Fsp3) is 0.485. The Morgan fingerprint density at radius 1 is 1.18 bits per heavy atom. The summed E-state index contributed by atoms with van der Waals surface area (Å²) < 4.78 is 19.1. The van der Waals surface area contributed by atoms with Crippen LogP contribution in [0, 0.1) is 28.6 Å². The fourth-order valence-corrected chi connectivity index (χ4v) is 7.54. The molecule has 2 aromatic rings. The molecule has 1 saturated heterocycles. The van der Waals surface area contributed by atoms with Crippen LogP contribution < -0.4 is 10.1 Å². The summed E-state index contributed by atoms with van der Waals surface area (Å²) in [6, 6.07) is 15.0. The number of nitrogens with one attached hydrogen (secondary N) is 1. The second-order valence-corrected chi connectivity index (χ2v) is 13.7. The number of hydrogen-bond acceptors (Lipinski definition) is 6. The summed E-state index contributed by atoms with van der Waals surface area (Å²) in [7, 11) is 2.54. The van der Waals surface area contributed by atoms with Crippen LogP contribution in [0.5, 0.6) is 5.75 Å². The molecular weight excluding hydrogens is 600 g/mol. The first-order chi connectivity index (χ1) is 20.8. The molecule has 0 radical (unpaired) electrons. The number of halogens is 2. The molecule has 0 aromatic heterocycles. The predicted octanol–water partition coefficient (Wildman–Crippen LogP) is 5.75. The van der Waals surface area contributed by atoms with Gasteiger partial charge in [0.1, 0.15) is 11.6 Å². The van der Waals surface area contributed by atoms with Crippen LogP contribution in [0.4, 0.5) is 0 Å². The second kappa shape index (κ2) is 12.8. The number of likely N-dealkylation sites (N-methyl/N-ethyl adjacent to an activating group) is 1. The Labute approximate surface area is 269 Å². The average molecular weight is 638 g/mol. The highest BCUT2D eigenvalue weighted by Gasteiger charge is 2.68. The van der Waals surface area contributed by atoms with E-state index in [2.05, 4.69) is 26.1 Å². The van der Waals surface area contributed by atoms with E-state index in [9.17, 15) is 14.9 Å². The van der Waals surface area contributed by atoms with Gasteiger partial charge in [0.2, 0.25) is 5.91 Å². The molecular formula is C33H38BCl2N3O5. The van der Waals surface area contributed by atoms with Gasteiger partial charge in [0, 0.05) is 14.1 Å². The van der Waals surface area contributed by atoms with Crippen molar-refractivity contribution in [3.63, 3.8) is 0 Å². The minimum Gasteiger partial charge on any atom is -0.490 e. The van der Waals surface area contributed by atoms with Crippen molar-refractivity contribution in [3.05, 3.63) is 69.2 Å². The van der Waals surface area contributed by atoms with E-state index in [-0.39, 0.29) is 57.4 Å². The second-order valence-electron chi connectivity index (χ2n) is 12.9. The highest BCUT2D eigenvalue weighted by atomic mass is 35.5. The summed E-state index contributed by atoms with van der Waals surface area (Å²) in [6.07, 6.45) is 4.09. The first kappa shape index (κ1) is 32.4. The van der Waals surface area contributed by atoms with E-state index < -0.39 is 19.0 Å². The molecule has 3 saturated carbocycles. The number of carbonyl (C=O) groups excluding carboxylic acids is 2. The van der Waals surface area contributed by atoms with E-state index in [1.807, 2.05) is 36.4 Å². The summed E-state index contributed by atoms with van der Waals surface area (Å²) >= 11 is 12.9. The largest absolute Gasteiger partial charge is 0.490 e. The smallest absolute Gasteiger partial charge is 0.482 e. The number of nitrogens with zero attached hydrogens (tertiary/aromatic N) is 2. The van der Waals surface area contributed by atoms with Crippen molar-refractivity contribution in [1.29, 1.82) is 5.26 Å². The Balaban J connectivity index is 1.26. The molecule has 0 unspecified atom stereocenters. The maximum atomic E-state index is 13.3. The SMILES string of the molecule is CN(C)C(=O)C(C#N)=Cc1ccc(Cl)c(OCCC(=O)N[C@@H](Cc2ccccc2)B2O[C@@H]3C[C@@H]4C[C@@H](C4(C)C)[C@]3(C)O2)c1Cl. The van der Waals surface area contributed by atoms with E-state index in [1.54, 1.807) is 26.2 Å². The third kappa shape index (κ3) is 6.23. The van der Waals surface area contributed by atoms with Crippen molar-refractivity contribution in [1.82, 2.24) is 10.2 Å². The predicted molar refractivity (Wildman–Crippen MR) is 171 cm³/mol. The van der Waals surface area contributed by atoms with Crippen LogP contribution >= 0.6 is 23.2 Å². The lowest BCUT2D eigenvalue weighted by Gasteiger charge is -2.64. The number of benzene rings is 2. The highest BCUT2D eigenvalue weighted by molar-refractivity contribution is 6.48. The van der Waals surface area contributed by atoms with Gasteiger partial charge in [-0.05, 0) is 66.7 Å². The molecule has 2 aromatic carbocycles. The maximum absolute atomic E-state index is 13.3. The van der Waals surface area contributed by atoms with Crippen LogP contribution in [0.2, 0.25) is 10.0 Å². The first-order valence-electron chi connectivity index (χ1n) is 15.0. The van der Waals surface area contributed by atoms with Crippen LogP contribution in [0.15, 0.2) is 48.0 Å². The van der Waals surface area contributed by atoms with E-state index in [4.69, 9.17) is 37.2 Å². The molecule has 1 aliphatic heterocycles. The molecule has 44 heavy (non-hydrogen) atoms. The monoisotopic (exact) mass is 637 g/mol. The topological polar surface area (TPSA) is 101 Å². The molecule has 11 heteroatoms. The zero-order chi connectivity index (χ0) is 31.8. The number of rotatable bonds is 10. The summed E-state index contributed by atoms with van der Waals surface area (Å²) in [4.78, 5) is 26.9. The molecule has 4 aliphatic rings. The zero-order valence-electron chi connectivity index (χ0n) is 25.7. The normalized spacial score (nSPS) is 25.7. The lowest BCUT2D eigenvalue weighted by molar-refractivity contribution is -0.199. The number of ether oxygens (including phenoxy) is 1. The van der Waals surface area contributed by atoms with E-state index >= 15 is 0 Å². The van der Waals surface area contributed by atoms with Crippen LogP contribution in [-0.2, 0) is 25.3 Å². The molecule has 2 amide bonds. The Morgan fingerprint density at radius 3 is 2.57 bits per heavy atom. The Hall–Kier alpha value is -3.03. The fourth-order valence-electron chi connectivity index (χ4n) is 7.01. The lowest BCUT2D eigenvalue weighted by atomic mass is 9.43. The van der Waals surface area contributed by atoms with E-state index in [1.165, 1.54) is 11.0 Å². The van der Waals surface area contributed by atoms with Crippen LogP contribution in [-0.4, -0.2) is 62.2 Å². The minimum atomic E-state index is -0.572. The minimum absolute atomic E-state index is 0.00274. The standard InChI is InChI=1S/C33H38BCl2N3O5/c1-32(2)23-17-25(32)33(3)26(18-23)43-34(44-33)27(15-20-9-7-6-8-10-20)38-28(40)13-14-42-30-24(35)12-11-21(29(30)36)16-22(19-37)31(41)39(4)5/h6-12,16,23,25-27H,13-15,17-18H2,1-5H3,(H,38,40)/t23-,25-,26+,27-,33-/m0/s1. The molecule has 1 N–H and O–H groups in total. The number of nitriles is 1. The van der Waals surface area contributed by atoms with Gasteiger partial charge in [-0.3, -0.25) is 9.59 Å². The molecule has 5 atom stereocenters. The molecule has 2 bridgehead atoms. The summed E-state index contributed by atoms with van der Waals surface area (Å²) in [6.45, 7) is 6.82. The van der Waals surface area contributed by atoms with Gasteiger partial charge in [-0.1, -0.05) is 73.4 Å². The van der Waals surface area contributed by atoms with Gasteiger partial charge in [0.05, 0.1) is 40.7 Å². The van der Waals surface area contributed by atoms with Crippen molar-refractivity contribution >= 4 is 48.2 Å². The van der Waals surface area contributed by atoms with E-state index in [0.717, 1.165) is 18.4 Å². The van der Waals surface area contributed by atoms with Crippen molar-refractivity contribution in [2.24, 2.45) is 17.3 Å². The molecule has 4 fully saturated rings. The van der Waals surface area contributed by atoms with Gasteiger partial charge in [-0.2, -0.15) is 5.26 Å². The van der Waals surface area contributed by atoms with Gasteiger partial charge < -0.3 is 24.3 Å². The molecule has 0 spiro atoms. The molecule has 232 valence electrons. The van der Waals surface area contributed by atoms with Crippen molar-refractivity contribution in [3.8, 4) is 11.8 Å². The number of hydrogen-bond donors (Lipinski definition) is 1. The van der Waals surface area contributed by atoms with Crippen molar-refractivity contribution < 1.29 is 23.6 Å². The Morgan fingerprint density at radius 2 is 1.91 bits per heavy atom. The summed E-state index contributed by atoms with van der Waals surface area (Å²) in [5.74, 6) is 0.134. The van der Waals surface area contributed by atoms with Gasteiger partial charge in [0.25, 0.3) is 5.91 Å². The number of carbonyl (C=O) groups is 2. The van der Waals surface area contributed by atoms with Crippen molar-refractivity contribution in [2.45, 2.75) is 64.1 Å². The maximum Gasteiger partial charge on any atom is 0.482 e. The lowest BCUT2D eigenvalue weighted by Crippen LogP contribution is -2.65. The summed E-state index contributed by atoms with van der Waals surface area (Å²) in [5.41, 5.74) is 1.21. The number of amides is 2. The van der Waals surface area contributed by atoms with Gasteiger partial charge in [0.15, 0.2) is 5.75 Å². The molecule has 1 heterocycles. The van der Waals surface area contributed by atoms with Gasteiger partial charge in [-0.15, -0.1) is 0 Å². The summed E-state index contributed by atoms with van der Waals surface area (Å²) in [5, 5.41) is 13.0. The average Bonchev–Trinajstić information content (AvgIpc) is 3.35. The van der Waals surface area contributed by atoms with Crippen LogP contribution in [0.1, 0.15) is 51.2 Å². The van der Waals surface area contributed by atoms with E-state index in [0.29, 0.717) is 23.8 Å². The van der Waals surface area contributed by atoms with Crippen molar-refractivity contribution in [2.75, 3.05) is 20.7 Å². The molecule has 3 aliphatic carbocycles. The van der Waals surface area contributed by atoms with Crippen LogP contribution in [0.25, 0.3) is 6.08 Å². The quantitative estimate of drug-likeness (QED) is 0.202. The van der Waals surface area contributed by atoms with Gasteiger partial charge in [-0.25, -0.2) is 0 Å². The first-order valence-corrected chi connectivity index (χ1v) is 15.7.